The van der Waals surface area contributed by atoms with E-state index >= 15 is 0 Å². The van der Waals surface area contributed by atoms with Crippen molar-refractivity contribution < 1.29 is 9.53 Å². The summed E-state index contributed by atoms with van der Waals surface area (Å²) >= 11 is 0. The standard InChI is InChI=1S/C15H28O2/c1-6-12(2)8-7-9-15(10-11-15)13(16)17-14(3,4)5/h12H,6-11H2,1-5H3. The Morgan fingerprint density at radius 1 is 1.35 bits per heavy atom. The molecule has 0 amide bonds. The number of carbonyl (C=O) groups excluding carboxylic acids is 1. The maximum atomic E-state index is 12.1. The predicted molar refractivity (Wildman–Crippen MR) is 70.8 cm³/mol. The lowest BCUT2D eigenvalue weighted by Gasteiger charge is -2.24. The quantitative estimate of drug-likeness (QED) is 0.646. The van der Waals surface area contributed by atoms with Gasteiger partial charge in [-0.25, -0.2) is 0 Å². The van der Waals surface area contributed by atoms with E-state index in [2.05, 4.69) is 13.8 Å². The van der Waals surface area contributed by atoms with Gasteiger partial charge in [-0.05, 0) is 46.0 Å². The minimum Gasteiger partial charge on any atom is -0.460 e. The van der Waals surface area contributed by atoms with E-state index < -0.39 is 0 Å². The van der Waals surface area contributed by atoms with E-state index in [1.165, 1.54) is 12.8 Å². The van der Waals surface area contributed by atoms with Crippen molar-refractivity contribution >= 4 is 5.97 Å². The lowest BCUT2D eigenvalue weighted by atomic mass is 9.94. The Morgan fingerprint density at radius 2 is 1.94 bits per heavy atom. The third kappa shape index (κ3) is 4.69. The molecule has 0 N–H and O–H groups in total. The number of ether oxygens (including phenoxy) is 1. The van der Waals surface area contributed by atoms with Crippen LogP contribution < -0.4 is 0 Å². The molecule has 1 saturated carbocycles. The van der Waals surface area contributed by atoms with E-state index in [0.717, 1.165) is 31.6 Å². The summed E-state index contributed by atoms with van der Waals surface area (Å²) in [6, 6.07) is 0. The van der Waals surface area contributed by atoms with Gasteiger partial charge in [0, 0.05) is 0 Å². The highest BCUT2D eigenvalue weighted by atomic mass is 16.6. The monoisotopic (exact) mass is 240 g/mol. The van der Waals surface area contributed by atoms with Crippen LogP contribution in [0.3, 0.4) is 0 Å². The molecule has 1 aliphatic rings. The Balaban J connectivity index is 2.34. The fourth-order valence-corrected chi connectivity index (χ4v) is 2.09. The normalized spacial score (nSPS) is 19.8. The Bertz CT molecular complexity index is 259. The Labute approximate surface area is 106 Å². The molecule has 0 aromatic carbocycles. The third-order valence-corrected chi connectivity index (χ3v) is 3.73. The summed E-state index contributed by atoms with van der Waals surface area (Å²) in [5.41, 5.74) is -0.454. The molecule has 0 spiro atoms. The molecule has 1 aliphatic carbocycles. The van der Waals surface area contributed by atoms with Crippen LogP contribution >= 0.6 is 0 Å². The highest BCUT2D eigenvalue weighted by Crippen LogP contribution is 2.51. The lowest BCUT2D eigenvalue weighted by Crippen LogP contribution is -2.29. The minimum atomic E-state index is -0.344. The molecule has 0 aromatic rings. The molecule has 17 heavy (non-hydrogen) atoms. The molecular formula is C15H28O2. The molecule has 0 radical (unpaired) electrons. The molecule has 0 bridgehead atoms. The van der Waals surface area contributed by atoms with Crippen LogP contribution in [0.25, 0.3) is 0 Å². The fourth-order valence-electron chi connectivity index (χ4n) is 2.09. The van der Waals surface area contributed by atoms with Gasteiger partial charge in [0.25, 0.3) is 0 Å². The first-order valence-electron chi connectivity index (χ1n) is 7.02. The average molecular weight is 240 g/mol. The van der Waals surface area contributed by atoms with Crippen molar-refractivity contribution in [3.05, 3.63) is 0 Å². The second kappa shape index (κ2) is 5.41. The number of rotatable bonds is 6. The molecule has 1 fully saturated rings. The molecule has 0 aliphatic heterocycles. The van der Waals surface area contributed by atoms with Crippen LogP contribution in [0.4, 0.5) is 0 Å². The van der Waals surface area contributed by atoms with Crippen molar-refractivity contribution in [2.24, 2.45) is 11.3 Å². The number of hydrogen-bond acceptors (Lipinski definition) is 2. The van der Waals surface area contributed by atoms with Gasteiger partial charge in [-0.2, -0.15) is 0 Å². The van der Waals surface area contributed by atoms with Crippen LogP contribution in [0.15, 0.2) is 0 Å². The first-order chi connectivity index (χ1) is 7.79. The molecule has 0 saturated heterocycles. The van der Waals surface area contributed by atoms with E-state index in [9.17, 15) is 4.79 Å². The van der Waals surface area contributed by atoms with Crippen LogP contribution in [0, 0.1) is 11.3 Å². The summed E-state index contributed by atoms with van der Waals surface area (Å²) in [5, 5.41) is 0. The molecule has 2 nitrogen and oxygen atoms in total. The van der Waals surface area contributed by atoms with Gasteiger partial charge in [0.05, 0.1) is 5.41 Å². The van der Waals surface area contributed by atoms with Crippen LogP contribution in [0.1, 0.15) is 73.1 Å². The number of carbonyl (C=O) groups is 1. The minimum absolute atomic E-state index is 0.0363. The van der Waals surface area contributed by atoms with Gasteiger partial charge in [0.2, 0.25) is 0 Å². The highest BCUT2D eigenvalue weighted by Gasteiger charge is 2.51. The van der Waals surface area contributed by atoms with E-state index in [1.807, 2.05) is 20.8 Å². The molecule has 1 rings (SSSR count). The molecule has 2 heteroatoms. The van der Waals surface area contributed by atoms with Gasteiger partial charge in [-0.3, -0.25) is 4.79 Å². The second-order valence-electron chi connectivity index (χ2n) is 6.69. The second-order valence-corrected chi connectivity index (χ2v) is 6.69. The maximum absolute atomic E-state index is 12.1. The van der Waals surface area contributed by atoms with E-state index in [1.54, 1.807) is 0 Å². The van der Waals surface area contributed by atoms with Gasteiger partial charge in [0.15, 0.2) is 0 Å². The predicted octanol–water partition coefficient (Wildman–Crippen LogP) is 4.32. The SMILES string of the molecule is CCC(C)CCCC1(C(=O)OC(C)(C)C)CC1. The number of esters is 1. The number of hydrogen-bond donors (Lipinski definition) is 0. The van der Waals surface area contributed by atoms with Crippen molar-refractivity contribution in [1.29, 1.82) is 0 Å². The zero-order valence-corrected chi connectivity index (χ0v) is 12.1. The van der Waals surface area contributed by atoms with Gasteiger partial charge < -0.3 is 4.74 Å². The van der Waals surface area contributed by atoms with E-state index in [4.69, 9.17) is 4.74 Å². The molecule has 0 aromatic heterocycles. The summed E-state index contributed by atoms with van der Waals surface area (Å²) in [7, 11) is 0. The molecule has 100 valence electrons. The van der Waals surface area contributed by atoms with Gasteiger partial charge in [-0.1, -0.05) is 33.1 Å². The molecule has 1 unspecified atom stereocenters. The first-order valence-corrected chi connectivity index (χ1v) is 7.02. The Hall–Kier alpha value is -0.530. The van der Waals surface area contributed by atoms with E-state index in [0.29, 0.717) is 0 Å². The van der Waals surface area contributed by atoms with Crippen LogP contribution in [0.5, 0.6) is 0 Å². The molecule has 1 atom stereocenters. The largest absolute Gasteiger partial charge is 0.460 e. The van der Waals surface area contributed by atoms with Gasteiger partial charge in [-0.15, -0.1) is 0 Å². The smallest absolute Gasteiger partial charge is 0.312 e. The van der Waals surface area contributed by atoms with Crippen LogP contribution in [-0.2, 0) is 9.53 Å². The van der Waals surface area contributed by atoms with Gasteiger partial charge >= 0.3 is 5.97 Å². The van der Waals surface area contributed by atoms with Crippen LogP contribution in [-0.4, -0.2) is 11.6 Å². The molecule has 0 heterocycles. The van der Waals surface area contributed by atoms with Gasteiger partial charge in [0.1, 0.15) is 5.60 Å². The maximum Gasteiger partial charge on any atom is 0.312 e. The summed E-state index contributed by atoms with van der Waals surface area (Å²) in [5.74, 6) is 0.818. The van der Waals surface area contributed by atoms with Crippen molar-refractivity contribution in [3.8, 4) is 0 Å². The highest BCUT2D eigenvalue weighted by molar-refractivity contribution is 5.80. The lowest BCUT2D eigenvalue weighted by molar-refractivity contribution is -0.162. The Morgan fingerprint density at radius 3 is 2.35 bits per heavy atom. The first kappa shape index (κ1) is 14.5. The summed E-state index contributed by atoms with van der Waals surface area (Å²) in [4.78, 5) is 12.1. The summed E-state index contributed by atoms with van der Waals surface area (Å²) in [6.45, 7) is 10.3. The zero-order chi connectivity index (χ0) is 13.1. The Kier molecular flexibility index (Phi) is 4.62. The van der Waals surface area contributed by atoms with Crippen molar-refractivity contribution in [3.63, 3.8) is 0 Å². The van der Waals surface area contributed by atoms with Crippen molar-refractivity contribution in [2.45, 2.75) is 78.7 Å². The third-order valence-electron chi connectivity index (χ3n) is 3.73. The fraction of sp³-hybridized carbons (Fsp3) is 0.933. The average Bonchev–Trinajstić information content (AvgIpc) is 2.96. The zero-order valence-electron chi connectivity index (χ0n) is 12.1. The van der Waals surface area contributed by atoms with Crippen molar-refractivity contribution in [1.82, 2.24) is 0 Å². The van der Waals surface area contributed by atoms with Crippen LogP contribution in [0.2, 0.25) is 0 Å². The molecular weight excluding hydrogens is 212 g/mol. The topological polar surface area (TPSA) is 26.3 Å². The van der Waals surface area contributed by atoms with E-state index in [-0.39, 0.29) is 17.0 Å². The summed E-state index contributed by atoms with van der Waals surface area (Å²) < 4.78 is 5.51. The summed E-state index contributed by atoms with van der Waals surface area (Å²) in [6.07, 6.45) is 6.71. The van der Waals surface area contributed by atoms with Crippen molar-refractivity contribution in [2.75, 3.05) is 0 Å².